The molecule has 1 aliphatic rings. The maximum absolute atomic E-state index is 12.4. The maximum atomic E-state index is 12.4. The molecule has 0 spiro atoms. The van der Waals surface area contributed by atoms with Gasteiger partial charge in [0.1, 0.15) is 0 Å². The van der Waals surface area contributed by atoms with Gasteiger partial charge in [0.05, 0.1) is 10.2 Å². The van der Waals surface area contributed by atoms with Gasteiger partial charge in [-0.1, -0.05) is 22.0 Å². The predicted molar refractivity (Wildman–Crippen MR) is 82.8 cm³/mol. The molecule has 0 atom stereocenters. The second-order valence-corrected chi connectivity index (χ2v) is 6.59. The molecule has 0 fully saturated rings. The van der Waals surface area contributed by atoms with Gasteiger partial charge in [-0.3, -0.25) is 4.79 Å². The van der Waals surface area contributed by atoms with E-state index in [1.807, 2.05) is 24.3 Å². The van der Waals surface area contributed by atoms with Gasteiger partial charge in [-0.15, -0.1) is 0 Å². The highest BCUT2D eigenvalue weighted by Crippen LogP contribution is 2.45. The van der Waals surface area contributed by atoms with E-state index in [0.29, 0.717) is 21.3 Å². The van der Waals surface area contributed by atoms with Crippen LogP contribution in [0.15, 0.2) is 37.7 Å². The Morgan fingerprint density at radius 2 is 1.67 bits per heavy atom. The fourth-order valence-corrected chi connectivity index (χ4v) is 3.80. The fourth-order valence-electron chi connectivity index (χ4n) is 2.14. The summed E-state index contributed by atoms with van der Waals surface area (Å²) in [6.07, 6.45) is 0. The van der Waals surface area contributed by atoms with Crippen molar-refractivity contribution in [2.45, 2.75) is 0 Å². The number of carbonyl (C=O) groups excluding carboxylic acids is 1. The molecule has 90 valence electrons. The van der Waals surface area contributed by atoms with Crippen LogP contribution in [0.25, 0.3) is 11.1 Å². The van der Waals surface area contributed by atoms with Gasteiger partial charge in [-0.2, -0.15) is 0 Å². The van der Waals surface area contributed by atoms with Crippen molar-refractivity contribution in [2.75, 3.05) is 5.73 Å². The molecule has 18 heavy (non-hydrogen) atoms. The summed E-state index contributed by atoms with van der Waals surface area (Å²) in [5, 5.41) is 0. The van der Waals surface area contributed by atoms with Crippen molar-refractivity contribution in [1.29, 1.82) is 0 Å². The first-order valence-electron chi connectivity index (χ1n) is 5.13. The summed E-state index contributed by atoms with van der Waals surface area (Å²) in [5.74, 6) is 0.00683. The predicted octanol–water partition coefficient (Wildman–Crippen LogP) is 4.77. The average Bonchev–Trinajstić information content (AvgIpc) is 2.60. The number of halogens is 3. The van der Waals surface area contributed by atoms with E-state index in [4.69, 9.17) is 5.73 Å². The normalized spacial score (nSPS) is 12.5. The standard InChI is InChI=1S/C13H6Br3NO/c14-5-1-2-6-7-4-9(15)12(17)11(16)10(7)13(18)8(6)3-5/h1-4H,17H2. The molecule has 0 amide bonds. The Balaban J connectivity index is 2.41. The third-order valence-corrected chi connectivity index (χ3v) is 4.97. The Bertz CT molecular complexity index is 710. The number of nitrogens with two attached hydrogens (primary N) is 1. The summed E-state index contributed by atoms with van der Waals surface area (Å²) in [4.78, 5) is 12.4. The minimum absolute atomic E-state index is 0.00683. The molecule has 0 aromatic heterocycles. The van der Waals surface area contributed by atoms with Crippen LogP contribution in [-0.4, -0.2) is 5.78 Å². The van der Waals surface area contributed by atoms with E-state index < -0.39 is 0 Å². The molecule has 3 rings (SSSR count). The zero-order valence-corrected chi connectivity index (χ0v) is 13.7. The van der Waals surface area contributed by atoms with Crippen LogP contribution < -0.4 is 5.73 Å². The van der Waals surface area contributed by atoms with E-state index in [-0.39, 0.29) is 5.78 Å². The van der Waals surface area contributed by atoms with E-state index in [1.165, 1.54) is 0 Å². The van der Waals surface area contributed by atoms with E-state index in [1.54, 1.807) is 0 Å². The molecule has 5 heteroatoms. The van der Waals surface area contributed by atoms with Gasteiger partial charge in [-0.25, -0.2) is 0 Å². The third-order valence-electron chi connectivity index (χ3n) is 3.00. The molecule has 0 radical (unpaired) electrons. The molecule has 0 saturated heterocycles. The van der Waals surface area contributed by atoms with Crippen LogP contribution in [-0.2, 0) is 0 Å². The summed E-state index contributed by atoms with van der Waals surface area (Å²) in [5.41, 5.74) is 9.68. The summed E-state index contributed by atoms with van der Waals surface area (Å²) in [7, 11) is 0. The van der Waals surface area contributed by atoms with Crippen LogP contribution in [0.4, 0.5) is 5.69 Å². The number of carbonyl (C=O) groups is 1. The molecule has 0 heterocycles. The molecule has 0 saturated carbocycles. The molecule has 1 aliphatic carbocycles. The Morgan fingerprint density at radius 3 is 2.39 bits per heavy atom. The first-order valence-corrected chi connectivity index (χ1v) is 7.50. The van der Waals surface area contributed by atoms with E-state index in [0.717, 1.165) is 20.1 Å². The van der Waals surface area contributed by atoms with Gasteiger partial charge in [0.15, 0.2) is 5.78 Å². The van der Waals surface area contributed by atoms with Gasteiger partial charge in [0, 0.05) is 20.1 Å². The highest BCUT2D eigenvalue weighted by molar-refractivity contribution is 9.11. The molecule has 0 unspecified atom stereocenters. The number of rotatable bonds is 0. The first-order chi connectivity index (χ1) is 8.50. The highest BCUT2D eigenvalue weighted by atomic mass is 79.9. The molecule has 0 aliphatic heterocycles. The van der Waals surface area contributed by atoms with Gasteiger partial charge in [0.2, 0.25) is 0 Å². The van der Waals surface area contributed by atoms with Gasteiger partial charge in [-0.05, 0) is 61.2 Å². The van der Waals surface area contributed by atoms with Crippen molar-refractivity contribution >= 4 is 59.3 Å². The Labute approximate surface area is 129 Å². The van der Waals surface area contributed by atoms with Crippen LogP contribution in [0, 0.1) is 0 Å². The van der Waals surface area contributed by atoms with Crippen LogP contribution in [0.2, 0.25) is 0 Å². The van der Waals surface area contributed by atoms with Crippen LogP contribution >= 0.6 is 47.8 Å². The van der Waals surface area contributed by atoms with Crippen molar-refractivity contribution in [3.8, 4) is 11.1 Å². The second-order valence-electron chi connectivity index (χ2n) is 4.03. The fraction of sp³-hybridized carbons (Fsp3) is 0. The smallest absolute Gasteiger partial charge is 0.195 e. The zero-order chi connectivity index (χ0) is 13.0. The highest BCUT2D eigenvalue weighted by Gasteiger charge is 2.30. The van der Waals surface area contributed by atoms with Crippen molar-refractivity contribution in [2.24, 2.45) is 0 Å². The number of nitrogen functional groups attached to an aromatic ring is 1. The van der Waals surface area contributed by atoms with E-state index >= 15 is 0 Å². The van der Waals surface area contributed by atoms with Crippen molar-refractivity contribution in [3.63, 3.8) is 0 Å². The quantitative estimate of drug-likeness (QED) is 0.521. The summed E-state index contributed by atoms with van der Waals surface area (Å²) >= 11 is 10.2. The number of anilines is 1. The lowest BCUT2D eigenvalue weighted by atomic mass is 10.1. The first kappa shape index (κ1) is 12.4. The van der Waals surface area contributed by atoms with Crippen LogP contribution in [0.5, 0.6) is 0 Å². The summed E-state index contributed by atoms with van der Waals surface area (Å²) in [6.45, 7) is 0. The zero-order valence-electron chi connectivity index (χ0n) is 8.93. The van der Waals surface area contributed by atoms with E-state index in [2.05, 4.69) is 47.8 Å². The van der Waals surface area contributed by atoms with Crippen LogP contribution in [0.1, 0.15) is 15.9 Å². The molecule has 2 nitrogen and oxygen atoms in total. The maximum Gasteiger partial charge on any atom is 0.195 e. The molecule has 2 aromatic rings. The molecular formula is C13H6Br3NO. The van der Waals surface area contributed by atoms with Crippen molar-refractivity contribution < 1.29 is 4.79 Å². The SMILES string of the molecule is Nc1c(Br)cc2c(c1Br)C(=O)c1cc(Br)ccc1-2. The lowest BCUT2D eigenvalue weighted by molar-refractivity contribution is 0.104. The van der Waals surface area contributed by atoms with Gasteiger partial charge in [0.25, 0.3) is 0 Å². The van der Waals surface area contributed by atoms with E-state index in [9.17, 15) is 4.79 Å². The van der Waals surface area contributed by atoms with Gasteiger partial charge >= 0.3 is 0 Å². The van der Waals surface area contributed by atoms with Crippen molar-refractivity contribution in [3.05, 3.63) is 48.8 Å². The number of benzene rings is 2. The Hall–Kier alpha value is -0.650. The number of ketones is 1. The second kappa shape index (κ2) is 4.18. The molecule has 2 aromatic carbocycles. The Kier molecular flexibility index (Phi) is 2.88. The lowest BCUT2D eigenvalue weighted by Crippen LogP contribution is -1.99. The molecular weight excluding hydrogens is 426 g/mol. The summed E-state index contributed by atoms with van der Waals surface area (Å²) < 4.78 is 2.34. The number of fused-ring (bicyclic) bond motifs is 3. The summed E-state index contributed by atoms with van der Waals surface area (Å²) in [6, 6.07) is 7.61. The minimum atomic E-state index is 0.00683. The monoisotopic (exact) mass is 429 g/mol. The third kappa shape index (κ3) is 1.61. The van der Waals surface area contributed by atoms with Gasteiger partial charge < -0.3 is 5.73 Å². The molecule has 0 bridgehead atoms. The molecule has 2 N–H and O–H groups in total. The average molecular weight is 432 g/mol. The largest absolute Gasteiger partial charge is 0.397 e. The lowest BCUT2D eigenvalue weighted by Gasteiger charge is -2.07. The van der Waals surface area contributed by atoms with Crippen molar-refractivity contribution in [1.82, 2.24) is 0 Å². The topological polar surface area (TPSA) is 43.1 Å². The number of hydrogen-bond acceptors (Lipinski definition) is 2. The Morgan fingerprint density at radius 1 is 0.944 bits per heavy atom. The minimum Gasteiger partial charge on any atom is -0.397 e. The number of hydrogen-bond donors (Lipinski definition) is 1. The van der Waals surface area contributed by atoms with Crippen LogP contribution in [0.3, 0.4) is 0 Å².